The van der Waals surface area contributed by atoms with Crippen molar-refractivity contribution in [1.29, 1.82) is 0 Å². The predicted molar refractivity (Wildman–Crippen MR) is 76.0 cm³/mol. The van der Waals surface area contributed by atoms with Gasteiger partial charge in [0.1, 0.15) is 0 Å². The number of hydrogen-bond acceptors (Lipinski definition) is 3. The van der Waals surface area contributed by atoms with E-state index in [4.69, 9.17) is 0 Å². The maximum atomic E-state index is 11.3. The number of anilines is 1. The molecule has 0 aromatic heterocycles. The molecule has 1 aliphatic rings. The molecular formula is C15H22N2O2. The Morgan fingerprint density at radius 2 is 2.16 bits per heavy atom. The summed E-state index contributed by atoms with van der Waals surface area (Å²) < 4.78 is 0. The third-order valence-electron chi connectivity index (χ3n) is 3.59. The minimum Gasteiger partial charge on any atom is -0.387 e. The molecule has 2 rings (SSSR count). The standard InChI is InChI=1S/C15H22N2O2/c1-2-14(18)17-12-8-6-11(7-9-12)15(19)13-5-3-4-10-16-13/h6-9,13,15-16,19H,2-5,10H2,1H3,(H,17,18). The van der Waals surface area contributed by atoms with E-state index >= 15 is 0 Å². The van der Waals surface area contributed by atoms with Crippen LogP contribution in [0, 0.1) is 0 Å². The Morgan fingerprint density at radius 1 is 1.42 bits per heavy atom. The van der Waals surface area contributed by atoms with E-state index in [2.05, 4.69) is 10.6 Å². The molecule has 3 N–H and O–H groups in total. The fraction of sp³-hybridized carbons (Fsp3) is 0.533. The van der Waals surface area contributed by atoms with E-state index in [9.17, 15) is 9.90 Å². The molecule has 0 aliphatic carbocycles. The molecule has 19 heavy (non-hydrogen) atoms. The van der Waals surface area contributed by atoms with Gasteiger partial charge in [0, 0.05) is 18.2 Å². The van der Waals surface area contributed by atoms with Crippen molar-refractivity contribution in [3.05, 3.63) is 29.8 Å². The molecule has 2 unspecified atom stereocenters. The molecule has 4 nitrogen and oxygen atoms in total. The van der Waals surface area contributed by atoms with Crippen LogP contribution in [-0.2, 0) is 4.79 Å². The lowest BCUT2D eigenvalue weighted by Crippen LogP contribution is -2.38. The van der Waals surface area contributed by atoms with Gasteiger partial charge in [-0.1, -0.05) is 25.5 Å². The second kappa shape index (κ2) is 6.68. The molecule has 1 aromatic carbocycles. The van der Waals surface area contributed by atoms with E-state index < -0.39 is 6.10 Å². The summed E-state index contributed by atoms with van der Waals surface area (Å²) >= 11 is 0. The summed E-state index contributed by atoms with van der Waals surface area (Å²) in [5.74, 6) is 0.00208. The van der Waals surface area contributed by atoms with Crippen LogP contribution in [0.3, 0.4) is 0 Å². The zero-order valence-corrected chi connectivity index (χ0v) is 11.4. The van der Waals surface area contributed by atoms with Crippen molar-refractivity contribution in [2.45, 2.75) is 44.8 Å². The monoisotopic (exact) mass is 262 g/mol. The van der Waals surface area contributed by atoms with Gasteiger partial charge in [0.05, 0.1) is 6.10 Å². The number of carbonyl (C=O) groups is 1. The van der Waals surface area contributed by atoms with E-state index in [1.54, 1.807) is 0 Å². The number of piperidine rings is 1. The van der Waals surface area contributed by atoms with Crippen LogP contribution in [0.15, 0.2) is 24.3 Å². The van der Waals surface area contributed by atoms with Gasteiger partial charge in [0.15, 0.2) is 0 Å². The average Bonchev–Trinajstić information content (AvgIpc) is 2.48. The number of aliphatic hydroxyl groups excluding tert-OH is 1. The summed E-state index contributed by atoms with van der Waals surface area (Å²) in [6, 6.07) is 7.59. The van der Waals surface area contributed by atoms with Crippen LogP contribution in [0.2, 0.25) is 0 Å². The Morgan fingerprint density at radius 3 is 2.74 bits per heavy atom. The van der Waals surface area contributed by atoms with E-state index in [1.807, 2.05) is 31.2 Å². The number of carbonyl (C=O) groups excluding carboxylic acids is 1. The number of aliphatic hydroxyl groups is 1. The molecule has 0 saturated carbocycles. The minimum absolute atomic E-state index is 0.00208. The van der Waals surface area contributed by atoms with Crippen LogP contribution in [-0.4, -0.2) is 23.6 Å². The highest BCUT2D eigenvalue weighted by Crippen LogP contribution is 2.24. The first-order valence-corrected chi connectivity index (χ1v) is 7.02. The third-order valence-corrected chi connectivity index (χ3v) is 3.59. The van der Waals surface area contributed by atoms with Crippen molar-refractivity contribution >= 4 is 11.6 Å². The molecule has 2 atom stereocenters. The number of benzene rings is 1. The summed E-state index contributed by atoms with van der Waals surface area (Å²) in [4.78, 5) is 11.3. The normalized spacial score (nSPS) is 20.8. The molecule has 1 heterocycles. The Labute approximate surface area is 114 Å². The number of nitrogens with one attached hydrogen (secondary N) is 2. The van der Waals surface area contributed by atoms with Gasteiger partial charge in [-0.2, -0.15) is 0 Å². The van der Waals surface area contributed by atoms with Crippen molar-refractivity contribution in [3.8, 4) is 0 Å². The molecule has 0 radical (unpaired) electrons. The number of rotatable bonds is 4. The summed E-state index contributed by atoms with van der Waals surface area (Å²) in [5, 5.41) is 16.5. The second-order valence-corrected chi connectivity index (χ2v) is 5.02. The van der Waals surface area contributed by atoms with Crippen LogP contribution in [0.25, 0.3) is 0 Å². The van der Waals surface area contributed by atoms with Crippen LogP contribution < -0.4 is 10.6 Å². The predicted octanol–water partition coefficient (Wildman–Crippen LogP) is 2.21. The van der Waals surface area contributed by atoms with Crippen LogP contribution in [0.1, 0.15) is 44.3 Å². The molecular weight excluding hydrogens is 240 g/mol. The van der Waals surface area contributed by atoms with Crippen molar-refractivity contribution in [1.82, 2.24) is 5.32 Å². The fourth-order valence-corrected chi connectivity index (χ4v) is 2.39. The summed E-state index contributed by atoms with van der Waals surface area (Å²) in [6.07, 6.45) is 3.35. The van der Waals surface area contributed by atoms with Gasteiger partial charge in [-0.05, 0) is 37.1 Å². The van der Waals surface area contributed by atoms with Crippen molar-refractivity contribution < 1.29 is 9.90 Å². The minimum atomic E-state index is -0.476. The zero-order chi connectivity index (χ0) is 13.7. The highest BCUT2D eigenvalue weighted by atomic mass is 16.3. The van der Waals surface area contributed by atoms with Gasteiger partial charge >= 0.3 is 0 Å². The van der Waals surface area contributed by atoms with Crippen LogP contribution in [0.4, 0.5) is 5.69 Å². The molecule has 0 bridgehead atoms. The SMILES string of the molecule is CCC(=O)Nc1ccc(C(O)C2CCCCN2)cc1. The zero-order valence-electron chi connectivity index (χ0n) is 11.4. The van der Waals surface area contributed by atoms with E-state index in [-0.39, 0.29) is 11.9 Å². The van der Waals surface area contributed by atoms with Gasteiger partial charge in [-0.15, -0.1) is 0 Å². The Hall–Kier alpha value is -1.39. The maximum Gasteiger partial charge on any atom is 0.224 e. The molecule has 1 aromatic rings. The summed E-state index contributed by atoms with van der Waals surface area (Å²) in [5.41, 5.74) is 1.67. The smallest absolute Gasteiger partial charge is 0.224 e. The highest BCUT2D eigenvalue weighted by Gasteiger charge is 2.22. The Kier molecular flexibility index (Phi) is 4.93. The van der Waals surface area contributed by atoms with Gasteiger partial charge in [-0.3, -0.25) is 4.79 Å². The van der Waals surface area contributed by atoms with Gasteiger partial charge in [-0.25, -0.2) is 0 Å². The summed E-state index contributed by atoms with van der Waals surface area (Å²) in [6.45, 7) is 2.80. The first kappa shape index (κ1) is 14.0. The van der Waals surface area contributed by atoms with Gasteiger partial charge < -0.3 is 15.7 Å². The topological polar surface area (TPSA) is 61.4 Å². The quantitative estimate of drug-likeness (QED) is 0.779. The third kappa shape index (κ3) is 3.78. The Bertz CT molecular complexity index is 411. The van der Waals surface area contributed by atoms with E-state index in [0.717, 1.165) is 24.2 Å². The first-order valence-electron chi connectivity index (χ1n) is 7.02. The largest absolute Gasteiger partial charge is 0.387 e. The molecule has 1 amide bonds. The first-order chi connectivity index (χ1) is 9.20. The van der Waals surface area contributed by atoms with E-state index in [0.29, 0.717) is 6.42 Å². The maximum absolute atomic E-state index is 11.3. The van der Waals surface area contributed by atoms with Gasteiger partial charge in [0.25, 0.3) is 0 Å². The van der Waals surface area contributed by atoms with Crippen LogP contribution in [0.5, 0.6) is 0 Å². The van der Waals surface area contributed by atoms with E-state index in [1.165, 1.54) is 12.8 Å². The average molecular weight is 262 g/mol. The molecule has 1 aliphatic heterocycles. The summed E-state index contributed by atoms with van der Waals surface area (Å²) in [7, 11) is 0. The molecule has 1 saturated heterocycles. The van der Waals surface area contributed by atoms with Gasteiger partial charge in [0.2, 0.25) is 5.91 Å². The fourth-order valence-electron chi connectivity index (χ4n) is 2.39. The number of hydrogen-bond donors (Lipinski definition) is 3. The van der Waals surface area contributed by atoms with Crippen LogP contribution >= 0.6 is 0 Å². The lowest BCUT2D eigenvalue weighted by atomic mass is 9.95. The van der Waals surface area contributed by atoms with Crippen molar-refractivity contribution in [2.24, 2.45) is 0 Å². The van der Waals surface area contributed by atoms with Crippen molar-refractivity contribution in [2.75, 3.05) is 11.9 Å². The lowest BCUT2D eigenvalue weighted by Gasteiger charge is -2.28. The Balaban J connectivity index is 1.98. The second-order valence-electron chi connectivity index (χ2n) is 5.02. The molecule has 104 valence electrons. The number of amides is 1. The molecule has 1 fully saturated rings. The highest BCUT2D eigenvalue weighted by molar-refractivity contribution is 5.90. The van der Waals surface area contributed by atoms with Crippen molar-refractivity contribution in [3.63, 3.8) is 0 Å². The molecule has 4 heteroatoms. The molecule has 0 spiro atoms. The lowest BCUT2D eigenvalue weighted by molar-refractivity contribution is -0.115.